The molecule has 2 atom stereocenters. The van der Waals surface area contributed by atoms with Gasteiger partial charge in [-0.3, -0.25) is 10.00 Å². The summed E-state index contributed by atoms with van der Waals surface area (Å²) in [4.78, 5) is 14.6. The number of furan rings is 1. The lowest BCUT2D eigenvalue weighted by Crippen LogP contribution is -2.36. The maximum Gasteiger partial charge on any atom is 0.323 e. The molecule has 0 spiro atoms. The topological polar surface area (TPSA) is 63.3 Å². The van der Waals surface area contributed by atoms with Gasteiger partial charge in [0.1, 0.15) is 17.3 Å². The minimum Gasteiger partial charge on any atom is -0.464 e. The quantitative estimate of drug-likeness (QED) is 0.911. The molecule has 0 aromatic carbocycles. The number of urea groups is 1. The van der Waals surface area contributed by atoms with Crippen LogP contribution >= 0.6 is 0 Å². The van der Waals surface area contributed by atoms with Crippen LogP contribution in [-0.4, -0.2) is 26.8 Å². The molecule has 2 aromatic heterocycles. The van der Waals surface area contributed by atoms with Crippen LogP contribution in [-0.2, 0) is 13.6 Å². The maximum atomic E-state index is 12.7. The lowest BCUT2D eigenvalue weighted by molar-refractivity contribution is 0.200. The van der Waals surface area contributed by atoms with E-state index in [-0.39, 0.29) is 6.03 Å². The summed E-state index contributed by atoms with van der Waals surface area (Å²) >= 11 is 0. The Labute approximate surface area is 141 Å². The Balaban J connectivity index is 1.45. The molecule has 2 fully saturated rings. The minimum atomic E-state index is -0.0850. The van der Waals surface area contributed by atoms with Crippen molar-refractivity contribution in [1.29, 1.82) is 0 Å². The Kier molecular flexibility index (Phi) is 3.62. The Morgan fingerprint density at radius 3 is 2.79 bits per heavy atom. The molecule has 2 aromatic rings. The second kappa shape index (κ2) is 5.69. The third-order valence-electron chi connectivity index (χ3n) is 4.97. The highest BCUT2D eigenvalue weighted by molar-refractivity contribution is 5.88. The molecule has 24 heavy (non-hydrogen) atoms. The second-order valence-corrected chi connectivity index (χ2v) is 7.21. The lowest BCUT2D eigenvalue weighted by atomic mass is 10.3. The van der Waals surface area contributed by atoms with Gasteiger partial charge in [0.15, 0.2) is 0 Å². The van der Waals surface area contributed by atoms with Crippen molar-refractivity contribution in [1.82, 2.24) is 14.7 Å². The SMILES string of the molecule is Cc1cc(NC(=O)N(Cc2ccc([C@@H]3C[C@H]3C)o2)C2CC2)n(C)n1. The molecule has 0 aliphatic heterocycles. The average molecular weight is 328 g/mol. The van der Waals surface area contributed by atoms with E-state index in [1.165, 1.54) is 6.42 Å². The molecule has 2 saturated carbocycles. The number of carbonyl (C=O) groups is 1. The van der Waals surface area contributed by atoms with E-state index >= 15 is 0 Å². The summed E-state index contributed by atoms with van der Waals surface area (Å²) in [5.41, 5.74) is 0.889. The summed E-state index contributed by atoms with van der Waals surface area (Å²) in [7, 11) is 1.83. The third-order valence-corrected chi connectivity index (χ3v) is 4.97. The summed E-state index contributed by atoms with van der Waals surface area (Å²) in [6.07, 6.45) is 3.33. The predicted octanol–water partition coefficient (Wildman–Crippen LogP) is 3.64. The fraction of sp³-hybridized carbons (Fsp3) is 0.556. The number of hydrogen-bond donors (Lipinski definition) is 1. The van der Waals surface area contributed by atoms with Gasteiger partial charge in [-0.05, 0) is 44.2 Å². The lowest BCUT2D eigenvalue weighted by Gasteiger charge is -2.21. The van der Waals surface area contributed by atoms with E-state index in [0.29, 0.717) is 18.5 Å². The van der Waals surface area contributed by atoms with E-state index in [4.69, 9.17) is 4.42 Å². The number of rotatable bonds is 5. The van der Waals surface area contributed by atoms with Gasteiger partial charge >= 0.3 is 6.03 Å². The highest BCUT2D eigenvalue weighted by atomic mass is 16.3. The minimum absolute atomic E-state index is 0.0850. The maximum absolute atomic E-state index is 12.7. The molecular formula is C18H24N4O2. The van der Waals surface area contributed by atoms with Crippen LogP contribution in [0.2, 0.25) is 0 Å². The largest absolute Gasteiger partial charge is 0.464 e. The zero-order chi connectivity index (χ0) is 16.8. The predicted molar refractivity (Wildman–Crippen MR) is 90.8 cm³/mol. The van der Waals surface area contributed by atoms with E-state index in [0.717, 1.165) is 41.8 Å². The average Bonchev–Trinajstić information content (AvgIpc) is 3.42. The molecule has 0 unspecified atom stereocenters. The van der Waals surface area contributed by atoms with E-state index in [1.807, 2.05) is 31.0 Å². The van der Waals surface area contributed by atoms with Crippen LogP contribution in [0.4, 0.5) is 10.6 Å². The summed E-state index contributed by atoms with van der Waals surface area (Å²) in [5, 5.41) is 7.24. The number of aryl methyl sites for hydroxylation is 2. The van der Waals surface area contributed by atoms with Crippen molar-refractivity contribution >= 4 is 11.8 Å². The highest BCUT2D eigenvalue weighted by Gasteiger charge is 2.37. The second-order valence-electron chi connectivity index (χ2n) is 7.21. The number of nitrogens with one attached hydrogen (secondary N) is 1. The van der Waals surface area contributed by atoms with Crippen LogP contribution in [0, 0.1) is 12.8 Å². The van der Waals surface area contributed by atoms with Gasteiger partial charge in [-0.25, -0.2) is 4.79 Å². The van der Waals surface area contributed by atoms with Crippen LogP contribution < -0.4 is 5.32 Å². The molecule has 1 N–H and O–H groups in total. The van der Waals surface area contributed by atoms with Crippen LogP contribution in [0.15, 0.2) is 22.6 Å². The summed E-state index contributed by atoms with van der Waals surface area (Å²) in [6.45, 7) is 4.68. The molecule has 6 nitrogen and oxygen atoms in total. The molecule has 0 saturated heterocycles. The van der Waals surface area contributed by atoms with E-state index in [1.54, 1.807) is 4.68 Å². The molecule has 4 rings (SSSR count). The zero-order valence-corrected chi connectivity index (χ0v) is 14.5. The molecule has 2 amide bonds. The zero-order valence-electron chi connectivity index (χ0n) is 14.5. The van der Waals surface area contributed by atoms with Crippen molar-refractivity contribution in [3.63, 3.8) is 0 Å². The van der Waals surface area contributed by atoms with E-state index < -0.39 is 0 Å². The van der Waals surface area contributed by atoms with Gasteiger partial charge in [-0.15, -0.1) is 0 Å². The molecule has 2 aliphatic carbocycles. The summed E-state index contributed by atoms with van der Waals surface area (Å²) < 4.78 is 7.67. The van der Waals surface area contributed by atoms with Crippen LogP contribution in [0.25, 0.3) is 0 Å². The number of aromatic nitrogens is 2. The molecule has 2 heterocycles. The standard InChI is InChI=1S/C18H24N4O2/c1-11-8-15(11)16-7-6-14(24-16)10-22(13-4-5-13)18(23)19-17-9-12(2)20-21(17)3/h6-7,9,11,13,15H,4-5,8,10H2,1-3H3,(H,19,23)/t11-,15-/m1/s1. The van der Waals surface area contributed by atoms with Gasteiger partial charge in [-0.2, -0.15) is 5.10 Å². The van der Waals surface area contributed by atoms with Gasteiger partial charge in [-0.1, -0.05) is 6.92 Å². The molecule has 128 valence electrons. The summed E-state index contributed by atoms with van der Waals surface area (Å²) in [5.74, 6) is 3.94. The Hall–Kier alpha value is -2.24. The fourth-order valence-corrected chi connectivity index (χ4v) is 3.23. The van der Waals surface area contributed by atoms with E-state index in [2.05, 4.69) is 23.4 Å². The van der Waals surface area contributed by atoms with Gasteiger partial charge in [0.2, 0.25) is 0 Å². The van der Waals surface area contributed by atoms with Crippen molar-refractivity contribution in [2.45, 2.75) is 51.6 Å². The molecule has 0 bridgehead atoms. The van der Waals surface area contributed by atoms with E-state index in [9.17, 15) is 4.79 Å². The number of hydrogen-bond acceptors (Lipinski definition) is 3. The highest BCUT2D eigenvalue weighted by Crippen LogP contribution is 2.47. The molecule has 0 radical (unpaired) electrons. The number of nitrogens with zero attached hydrogens (tertiary/aromatic N) is 3. The first-order valence-corrected chi connectivity index (χ1v) is 8.68. The van der Waals surface area contributed by atoms with Crippen molar-refractivity contribution in [3.8, 4) is 0 Å². The van der Waals surface area contributed by atoms with Gasteiger partial charge in [0.05, 0.1) is 12.2 Å². The Bertz CT molecular complexity index is 759. The number of anilines is 1. The van der Waals surface area contributed by atoms with Crippen LogP contribution in [0.1, 0.15) is 49.3 Å². The number of carbonyl (C=O) groups excluding carboxylic acids is 1. The first-order valence-electron chi connectivity index (χ1n) is 8.68. The van der Waals surface area contributed by atoms with Gasteiger partial charge in [0, 0.05) is 25.1 Å². The molecule has 2 aliphatic rings. The number of amides is 2. The smallest absolute Gasteiger partial charge is 0.323 e. The summed E-state index contributed by atoms with van der Waals surface area (Å²) in [6, 6.07) is 6.18. The Morgan fingerprint density at radius 2 is 2.21 bits per heavy atom. The van der Waals surface area contributed by atoms with Crippen molar-refractivity contribution in [2.24, 2.45) is 13.0 Å². The van der Waals surface area contributed by atoms with Crippen molar-refractivity contribution < 1.29 is 9.21 Å². The molecule has 6 heteroatoms. The Morgan fingerprint density at radius 1 is 1.46 bits per heavy atom. The van der Waals surface area contributed by atoms with Crippen LogP contribution in [0.5, 0.6) is 0 Å². The molecular weight excluding hydrogens is 304 g/mol. The van der Waals surface area contributed by atoms with Crippen LogP contribution in [0.3, 0.4) is 0 Å². The fourth-order valence-electron chi connectivity index (χ4n) is 3.23. The first-order chi connectivity index (χ1) is 11.5. The third kappa shape index (κ3) is 3.05. The van der Waals surface area contributed by atoms with Gasteiger partial charge in [0.25, 0.3) is 0 Å². The monoisotopic (exact) mass is 328 g/mol. The normalized spacial score (nSPS) is 22.5. The first kappa shape index (κ1) is 15.3. The van der Waals surface area contributed by atoms with Gasteiger partial charge < -0.3 is 9.32 Å². The van der Waals surface area contributed by atoms with Crippen molar-refractivity contribution in [3.05, 3.63) is 35.4 Å². The van der Waals surface area contributed by atoms with Crippen molar-refractivity contribution in [2.75, 3.05) is 5.32 Å².